The van der Waals surface area contributed by atoms with Crippen LogP contribution in [0, 0.1) is 20.8 Å². The van der Waals surface area contributed by atoms with Gasteiger partial charge in [-0.15, -0.1) is 0 Å². The average molecular weight is 320 g/mol. The van der Waals surface area contributed by atoms with Crippen LogP contribution in [-0.2, 0) is 13.0 Å². The van der Waals surface area contributed by atoms with Crippen LogP contribution >= 0.6 is 0 Å². The molecule has 1 N–H and O–H groups in total. The number of pyridine rings is 1. The number of amides is 1. The first-order chi connectivity index (χ1) is 11.5. The second-order valence-corrected chi connectivity index (χ2v) is 6.57. The SMILES string of the molecule is Cc1cc(C(=O)N2CCc3[nH]ncc3C2)c2ccc(C)c(C)c2n1. The molecule has 5 heteroatoms. The van der Waals surface area contributed by atoms with Gasteiger partial charge in [0.1, 0.15) is 0 Å². The monoisotopic (exact) mass is 320 g/mol. The number of nitrogens with zero attached hydrogens (tertiary/aromatic N) is 3. The van der Waals surface area contributed by atoms with Crippen LogP contribution in [0.2, 0.25) is 0 Å². The molecule has 1 aliphatic heterocycles. The first kappa shape index (κ1) is 14.9. The Morgan fingerprint density at radius 1 is 1.25 bits per heavy atom. The first-order valence-electron chi connectivity index (χ1n) is 8.22. The number of H-pyrrole nitrogens is 1. The number of aromatic nitrogens is 3. The van der Waals surface area contributed by atoms with Gasteiger partial charge >= 0.3 is 0 Å². The molecule has 1 amide bonds. The summed E-state index contributed by atoms with van der Waals surface area (Å²) in [6.45, 7) is 7.41. The number of carbonyl (C=O) groups excluding carboxylic acids is 1. The maximum Gasteiger partial charge on any atom is 0.254 e. The Hall–Kier alpha value is -2.69. The predicted molar refractivity (Wildman–Crippen MR) is 93.0 cm³/mol. The van der Waals surface area contributed by atoms with Gasteiger partial charge in [0.15, 0.2) is 0 Å². The van der Waals surface area contributed by atoms with E-state index in [1.807, 2.05) is 30.2 Å². The molecule has 0 unspecified atom stereocenters. The van der Waals surface area contributed by atoms with E-state index in [1.165, 1.54) is 5.56 Å². The van der Waals surface area contributed by atoms with E-state index < -0.39 is 0 Å². The maximum absolute atomic E-state index is 13.2. The van der Waals surface area contributed by atoms with Crippen LogP contribution < -0.4 is 0 Å². The number of hydrogen-bond donors (Lipinski definition) is 1. The third kappa shape index (κ3) is 2.28. The van der Waals surface area contributed by atoms with Gasteiger partial charge in [0, 0.05) is 41.8 Å². The van der Waals surface area contributed by atoms with Crippen LogP contribution in [0.25, 0.3) is 10.9 Å². The van der Waals surface area contributed by atoms with E-state index in [0.717, 1.165) is 45.4 Å². The number of fused-ring (bicyclic) bond motifs is 2. The molecule has 5 nitrogen and oxygen atoms in total. The fourth-order valence-electron chi connectivity index (χ4n) is 3.40. The summed E-state index contributed by atoms with van der Waals surface area (Å²) in [6.07, 6.45) is 2.64. The number of benzene rings is 1. The molecule has 3 aromatic rings. The van der Waals surface area contributed by atoms with Gasteiger partial charge in [-0.3, -0.25) is 14.9 Å². The van der Waals surface area contributed by atoms with Crippen LogP contribution in [-0.4, -0.2) is 32.5 Å². The van der Waals surface area contributed by atoms with Crippen LogP contribution in [0.1, 0.15) is 38.4 Å². The van der Waals surface area contributed by atoms with Gasteiger partial charge in [0.25, 0.3) is 5.91 Å². The van der Waals surface area contributed by atoms with E-state index in [2.05, 4.69) is 35.1 Å². The van der Waals surface area contributed by atoms with E-state index in [0.29, 0.717) is 13.1 Å². The van der Waals surface area contributed by atoms with Crippen molar-refractivity contribution in [2.45, 2.75) is 33.7 Å². The molecule has 3 heterocycles. The molecule has 122 valence electrons. The fraction of sp³-hybridized carbons (Fsp3) is 0.316. The van der Waals surface area contributed by atoms with Crippen molar-refractivity contribution >= 4 is 16.8 Å². The quantitative estimate of drug-likeness (QED) is 0.749. The molecule has 1 aromatic carbocycles. The lowest BCUT2D eigenvalue weighted by atomic mass is 9.99. The van der Waals surface area contributed by atoms with Crippen molar-refractivity contribution in [2.24, 2.45) is 0 Å². The number of hydrogen-bond acceptors (Lipinski definition) is 3. The number of aromatic amines is 1. The maximum atomic E-state index is 13.2. The van der Waals surface area contributed by atoms with Gasteiger partial charge < -0.3 is 4.90 Å². The summed E-state index contributed by atoms with van der Waals surface area (Å²) in [4.78, 5) is 19.7. The Kier molecular flexibility index (Phi) is 3.37. The molecule has 0 saturated heterocycles. The molecular formula is C19H20N4O. The highest BCUT2D eigenvalue weighted by atomic mass is 16.2. The highest BCUT2D eigenvalue weighted by Crippen LogP contribution is 2.26. The highest BCUT2D eigenvalue weighted by molar-refractivity contribution is 6.07. The zero-order chi connectivity index (χ0) is 16.8. The van der Waals surface area contributed by atoms with Crippen molar-refractivity contribution in [3.8, 4) is 0 Å². The minimum Gasteiger partial charge on any atom is -0.334 e. The summed E-state index contributed by atoms with van der Waals surface area (Å²) >= 11 is 0. The van der Waals surface area contributed by atoms with Crippen LogP contribution in [0.5, 0.6) is 0 Å². The molecule has 1 aliphatic rings. The highest BCUT2D eigenvalue weighted by Gasteiger charge is 2.24. The fourth-order valence-corrected chi connectivity index (χ4v) is 3.40. The van der Waals surface area contributed by atoms with E-state index >= 15 is 0 Å². The lowest BCUT2D eigenvalue weighted by molar-refractivity contribution is 0.0736. The molecular weight excluding hydrogens is 300 g/mol. The molecule has 2 aromatic heterocycles. The third-order valence-electron chi connectivity index (χ3n) is 4.95. The Morgan fingerprint density at radius 3 is 2.92 bits per heavy atom. The predicted octanol–water partition coefficient (Wildman–Crippen LogP) is 3.08. The normalized spacial score (nSPS) is 14.0. The molecule has 0 aliphatic carbocycles. The summed E-state index contributed by atoms with van der Waals surface area (Å²) in [5.74, 6) is 0.0700. The summed E-state index contributed by atoms with van der Waals surface area (Å²) in [5, 5.41) is 8.03. The van der Waals surface area contributed by atoms with Crippen molar-refractivity contribution in [1.29, 1.82) is 0 Å². The van der Waals surface area contributed by atoms with E-state index in [4.69, 9.17) is 0 Å². The van der Waals surface area contributed by atoms with Crippen molar-refractivity contribution < 1.29 is 4.79 Å². The number of carbonyl (C=O) groups is 1. The number of aryl methyl sites for hydroxylation is 3. The Morgan fingerprint density at radius 2 is 2.08 bits per heavy atom. The van der Waals surface area contributed by atoms with E-state index in [-0.39, 0.29) is 5.91 Å². The largest absolute Gasteiger partial charge is 0.334 e. The summed E-state index contributed by atoms with van der Waals surface area (Å²) in [5.41, 5.74) is 7.13. The molecule has 0 fully saturated rings. The zero-order valence-electron chi connectivity index (χ0n) is 14.2. The van der Waals surface area contributed by atoms with E-state index in [9.17, 15) is 4.79 Å². The Labute approximate surface area is 140 Å². The summed E-state index contributed by atoms with van der Waals surface area (Å²) < 4.78 is 0. The Bertz CT molecular complexity index is 957. The van der Waals surface area contributed by atoms with Crippen molar-refractivity contribution in [3.05, 3.63) is 58.0 Å². The van der Waals surface area contributed by atoms with Crippen LogP contribution in [0.3, 0.4) is 0 Å². The van der Waals surface area contributed by atoms with Crippen molar-refractivity contribution in [2.75, 3.05) is 6.54 Å². The molecule has 0 radical (unpaired) electrons. The minimum absolute atomic E-state index is 0.0700. The van der Waals surface area contributed by atoms with Gasteiger partial charge in [-0.2, -0.15) is 5.10 Å². The summed E-state index contributed by atoms with van der Waals surface area (Å²) in [6, 6.07) is 5.99. The van der Waals surface area contributed by atoms with Crippen LogP contribution in [0.4, 0.5) is 0 Å². The van der Waals surface area contributed by atoms with Gasteiger partial charge in [0.05, 0.1) is 17.3 Å². The summed E-state index contributed by atoms with van der Waals surface area (Å²) in [7, 11) is 0. The van der Waals surface area contributed by atoms with Gasteiger partial charge in [-0.05, 0) is 38.0 Å². The third-order valence-corrected chi connectivity index (χ3v) is 4.95. The topological polar surface area (TPSA) is 61.9 Å². The molecule has 0 bridgehead atoms. The minimum atomic E-state index is 0.0700. The average Bonchev–Trinajstić information content (AvgIpc) is 3.05. The van der Waals surface area contributed by atoms with Crippen molar-refractivity contribution in [3.63, 3.8) is 0 Å². The number of nitrogens with one attached hydrogen (secondary N) is 1. The van der Waals surface area contributed by atoms with Gasteiger partial charge in [0.2, 0.25) is 0 Å². The first-order valence-corrected chi connectivity index (χ1v) is 8.22. The standard InChI is InChI=1S/C19H20N4O/c1-11-4-5-15-16(8-12(2)21-18(15)13(11)3)19(24)23-7-6-17-14(10-23)9-20-22-17/h4-5,8-9H,6-7,10H2,1-3H3,(H,20,22). The zero-order valence-corrected chi connectivity index (χ0v) is 14.2. The van der Waals surface area contributed by atoms with Crippen LogP contribution in [0.15, 0.2) is 24.4 Å². The molecule has 0 atom stereocenters. The van der Waals surface area contributed by atoms with Gasteiger partial charge in [-0.1, -0.05) is 12.1 Å². The Balaban J connectivity index is 1.79. The van der Waals surface area contributed by atoms with Gasteiger partial charge in [-0.25, -0.2) is 0 Å². The molecule has 4 rings (SSSR count). The molecule has 0 spiro atoms. The molecule has 0 saturated carbocycles. The lowest BCUT2D eigenvalue weighted by Gasteiger charge is -2.27. The van der Waals surface area contributed by atoms with Crippen molar-refractivity contribution in [1.82, 2.24) is 20.1 Å². The second-order valence-electron chi connectivity index (χ2n) is 6.57. The molecule has 24 heavy (non-hydrogen) atoms. The van der Waals surface area contributed by atoms with E-state index in [1.54, 1.807) is 0 Å². The smallest absolute Gasteiger partial charge is 0.254 e. The lowest BCUT2D eigenvalue weighted by Crippen LogP contribution is -2.35. The second kappa shape index (κ2) is 5.44. The number of rotatable bonds is 1.